The van der Waals surface area contributed by atoms with Crippen molar-refractivity contribution < 1.29 is 14.3 Å². The number of thiazole rings is 1. The molecule has 0 spiro atoms. The summed E-state index contributed by atoms with van der Waals surface area (Å²) in [5.74, 6) is 0.354. The van der Waals surface area contributed by atoms with Crippen molar-refractivity contribution in [1.82, 2.24) is 4.57 Å². The van der Waals surface area contributed by atoms with Crippen LogP contribution in [0.2, 0.25) is 0 Å². The zero-order chi connectivity index (χ0) is 19.7. The molecule has 9 heteroatoms. The van der Waals surface area contributed by atoms with Gasteiger partial charge in [0.15, 0.2) is 17.1 Å². The quantitative estimate of drug-likeness (QED) is 0.681. The van der Waals surface area contributed by atoms with E-state index in [1.54, 1.807) is 24.3 Å². The Labute approximate surface area is 166 Å². The van der Waals surface area contributed by atoms with Gasteiger partial charge < -0.3 is 15.2 Å². The van der Waals surface area contributed by atoms with Gasteiger partial charge in [-0.15, -0.1) is 22.7 Å². The lowest BCUT2D eigenvalue weighted by atomic mass is 10.2. The number of nitriles is 1. The number of primary amides is 1. The molecular formula is C19H13N3O4S2. The van der Waals surface area contributed by atoms with Crippen molar-refractivity contribution in [2.75, 3.05) is 6.79 Å². The van der Waals surface area contributed by atoms with Crippen LogP contribution >= 0.6 is 22.7 Å². The van der Waals surface area contributed by atoms with Crippen molar-refractivity contribution in [2.24, 2.45) is 5.73 Å². The predicted octanol–water partition coefficient (Wildman–Crippen LogP) is 0.737. The number of hydrogen-bond acceptors (Lipinski definition) is 7. The molecule has 140 valence electrons. The Morgan fingerprint density at radius 2 is 2.14 bits per heavy atom. The van der Waals surface area contributed by atoms with E-state index in [2.05, 4.69) is 0 Å². The van der Waals surface area contributed by atoms with E-state index in [9.17, 15) is 14.9 Å². The van der Waals surface area contributed by atoms with E-state index in [1.807, 2.05) is 23.6 Å². The number of nitrogens with two attached hydrogens (primary N) is 1. The molecule has 0 bridgehead atoms. The van der Waals surface area contributed by atoms with E-state index in [0.717, 1.165) is 21.8 Å². The maximum absolute atomic E-state index is 13.0. The Kier molecular flexibility index (Phi) is 4.73. The molecule has 2 N–H and O–H groups in total. The lowest BCUT2D eigenvalue weighted by Gasteiger charge is -2.05. The summed E-state index contributed by atoms with van der Waals surface area (Å²) in [5.41, 5.74) is 5.60. The molecule has 3 heterocycles. The molecule has 7 nitrogen and oxygen atoms in total. The molecule has 0 aliphatic carbocycles. The first kappa shape index (κ1) is 18.0. The molecule has 0 saturated heterocycles. The summed E-state index contributed by atoms with van der Waals surface area (Å²) in [4.78, 5) is 25.6. The molecule has 1 amide bonds. The Balaban J connectivity index is 1.90. The van der Waals surface area contributed by atoms with Gasteiger partial charge in [-0.1, -0.05) is 12.1 Å². The van der Waals surface area contributed by atoms with Crippen molar-refractivity contribution in [3.05, 3.63) is 65.7 Å². The standard InChI is InChI=1S/C19H13N3O4S2/c20-8-13(17(21)23)19-22(9-11-3-4-14-15(6-11)26-10-25-14)18(24)16(28-19)7-12-2-1-5-27-12/h1-7H,9-10H2,(H2,21,23)/b16-7-,19-13+. The van der Waals surface area contributed by atoms with Crippen LogP contribution < -0.4 is 30.0 Å². The third-order valence-electron chi connectivity index (χ3n) is 4.07. The first-order chi connectivity index (χ1) is 13.6. The van der Waals surface area contributed by atoms with Gasteiger partial charge in [-0.25, -0.2) is 0 Å². The van der Waals surface area contributed by atoms with Crippen LogP contribution in [0.1, 0.15) is 10.4 Å². The van der Waals surface area contributed by atoms with E-state index in [4.69, 9.17) is 15.2 Å². The van der Waals surface area contributed by atoms with Gasteiger partial charge in [-0.05, 0) is 35.2 Å². The molecule has 28 heavy (non-hydrogen) atoms. The van der Waals surface area contributed by atoms with Crippen LogP contribution in [0.5, 0.6) is 11.5 Å². The highest BCUT2D eigenvalue weighted by atomic mass is 32.1. The number of fused-ring (bicyclic) bond motifs is 1. The fourth-order valence-electron chi connectivity index (χ4n) is 2.78. The van der Waals surface area contributed by atoms with E-state index in [1.165, 1.54) is 15.9 Å². The van der Waals surface area contributed by atoms with Crippen LogP contribution in [0.25, 0.3) is 11.6 Å². The second kappa shape index (κ2) is 7.34. The van der Waals surface area contributed by atoms with E-state index >= 15 is 0 Å². The van der Waals surface area contributed by atoms with Crippen LogP contribution in [-0.4, -0.2) is 17.3 Å². The number of aromatic nitrogens is 1. The predicted molar refractivity (Wildman–Crippen MR) is 106 cm³/mol. The summed E-state index contributed by atoms with van der Waals surface area (Å²) >= 11 is 2.56. The van der Waals surface area contributed by atoms with Gasteiger partial charge in [0.1, 0.15) is 10.7 Å². The highest BCUT2D eigenvalue weighted by Crippen LogP contribution is 2.32. The normalized spacial score (nSPS) is 14.0. The number of nitrogens with zero attached hydrogens (tertiary/aromatic N) is 2. The zero-order valence-electron chi connectivity index (χ0n) is 14.4. The average Bonchev–Trinajstić information content (AvgIpc) is 3.40. The average molecular weight is 411 g/mol. The van der Waals surface area contributed by atoms with Gasteiger partial charge in [0, 0.05) is 4.88 Å². The third-order valence-corrected chi connectivity index (χ3v) is 6.02. The first-order valence-corrected chi connectivity index (χ1v) is 9.84. The Hall–Kier alpha value is -3.35. The van der Waals surface area contributed by atoms with Crippen LogP contribution in [0.15, 0.2) is 40.5 Å². The van der Waals surface area contributed by atoms with Crippen molar-refractivity contribution in [3.8, 4) is 17.6 Å². The van der Waals surface area contributed by atoms with Crippen LogP contribution in [0.3, 0.4) is 0 Å². The number of thiophene rings is 1. The molecule has 0 saturated carbocycles. The van der Waals surface area contributed by atoms with Crippen molar-refractivity contribution in [1.29, 1.82) is 5.26 Å². The molecular weight excluding hydrogens is 398 g/mol. The van der Waals surface area contributed by atoms with E-state index in [0.29, 0.717) is 16.0 Å². The van der Waals surface area contributed by atoms with Crippen molar-refractivity contribution in [3.63, 3.8) is 0 Å². The number of ether oxygens (including phenoxy) is 2. The maximum Gasteiger partial charge on any atom is 0.269 e. The second-order valence-corrected chi connectivity index (χ2v) is 7.87. The molecule has 1 aliphatic heterocycles. The summed E-state index contributed by atoms with van der Waals surface area (Å²) < 4.78 is 12.7. The number of hydrogen-bond donors (Lipinski definition) is 1. The number of amides is 1. The van der Waals surface area contributed by atoms with Gasteiger partial charge in [0.05, 0.1) is 11.1 Å². The van der Waals surface area contributed by atoms with Gasteiger partial charge in [-0.2, -0.15) is 5.26 Å². The van der Waals surface area contributed by atoms with Crippen LogP contribution in [0.4, 0.5) is 0 Å². The fraction of sp³-hybridized carbons (Fsp3) is 0.105. The lowest BCUT2D eigenvalue weighted by molar-refractivity contribution is -0.112. The summed E-state index contributed by atoms with van der Waals surface area (Å²) in [6, 6.07) is 10.9. The van der Waals surface area contributed by atoms with Gasteiger partial charge in [-0.3, -0.25) is 14.2 Å². The minimum Gasteiger partial charge on any atom is -0.454 e. The Bertz CT molecular complexity index is 1280. The smallest absolute Gasteiger partial charge is 0.269 e. The zero-order valence-corrected chi connectivity index (χ0v) is 16.0. The van der Waals surface area contributed by atoms with Gasteiger partial charge in [0.25, 0.3) is 11.5 Å². The van der Waals surface area contributed by atoms with Crippen molar-refractivity contribution in [2.45, 2.75) is 6.54 Å². The second-order valence-electron chi connectivity index (χ2n) is 5.86. The van der Waals surface area contributed by atoms with E-state index in [-0.39, 0.29) is 29.1 Å². The number of benzene rings is 1. The number of carbonyl (C=O) groups is 1. The van der Waals surface area contributed by atoms with Gasteiger partial charge >= 0.3 is 0 Å². The molecule has 4 rings (SSSR count). The summed E-state index contributed by atoms with van der Waals surface area (Å²) in [6.45, 7) is 0.314. The lowest BCUT2D eigenvalue weighted by Crippen LogP contribution is -2.34. The van der Waals surface area contributed by atoms with Crippen LogP contribution in [-0.2, 0) is 11.3 Å². The minimum atomic E-state index is -0.870. The number of carbonyl (C=O) groups excluding carboxylic acids is 1. The Morgan fingerprint density at radius 1 is 1.32 bits per heavy atom. The monoisotopic (exact) mass is 411 g/mol. The topological polar surface area (TPSA) is 107 Å². The van der Waals surface area contributed by atoms with E-state index < -0.39 is 5.91 Å². The minimum absolute atomic E-state index is 0.149. The highest BCUT2D eigenvalue weighted by molar-refractivity contribution is 7.11. The molecule has 1 aliphatic rings. The Morgan fingerprint density at radius 3 is 2.86 bits per heavy atom. The maximum atomic E-state index is 13.0. The molecule has 0 fully saturated rings. The summed E-state index contributed by atoms with van der Waals surface area (Å²) in [6.07, 6.45) is 1.74. The van der Waals surface area contributed by atoms with Crippen molar-refractivity contribution >= 4 is 40.2 Å². The molecule has 0 radical (unpaired) electrons. The molecule has 0 atom stereocenters. The largest absolute Gasteiger partial charge is 0.454 e. The third kappa shape index (κ3) is 3.31. The summed E-state index contributed by atoms with van der Waals surface area (Å²) in [5, 5.41) is 11.3. The van der Waals surface area contributed by atoms with Crippen LogP contribution in [0, 0.1) is 11.3 Å². The molecule has 2 aromatic heterocycles. The number of rotatable bonds is 4. The van der Waals surface area contributed by atoms with Gasteiger partial charge in [0.2, 0.25) is 6.79 Å². The highest BCUT2D eigenvalue weighted by Gasteiger charge is 2.16. The fourth-order valence-corrected chi connectivity index (χ4v) is 4.61. The SMILES string of the molecule is N#C/C(C(N)=O)=c1\s/c(=C\c2cccs2)c(=O)n1Cc1ccc2c(c1)OCO2. The molecule has 0 unspecified atom stereocenters. The molecule has 3 aromatic rings. The molecule has 1 aromatic carbocycles. The first-order valence-electron chi connectivity index (χ1n) is 8.14. The summed E-state index contributed by atoms with van der Waals surface area (Å²) in [7, 11) is 0.